The van der Waals surface area contributed by atoms with Crippen molar-refractivity contribution in [1.82, 2.24) is 0 Å². The van der Waals surface area contributed by atoms with Crippen molar-refractivity contribution in [2.75, 3.05) is 0 Å². The third kappa shape index (κ3) is 4.19. The van der Waals surface area contributed by atoms with Gasteiger partial charge in [-0.3, -0.25) is 0 Å². The van der Waals surface area contributed by atoms with Crippen molar-refractivity contribution in [3.8, 4) is 11.1 Å². The number of carboxylic acid groups (broad SMARTS) is 1. The molecule has 28 heavy (non-hydrogen) atoms. The number of halogens is 3. The smallest absolute Gasteiger partial charge is 0.416 e. The number of rotatable bonds is 6. The van der Waals surface area contributed by atoms with Gasteiger partial charge in [-0.1, -0.05) is 48.9 Å². The van der Waals surface area contributed by atoms with Crippen LogP contribution in [0, 0.1) is 0 Å². The molecule has 1 N–H and O–H groups in total. The molecule has 5 heteroatoms. The average molecular weight is 386 g/mol. The molecule has 1 fully saturated rings. The normalized spacial score (nSPS) is 14.8. The molecule has 0 aromatic heterocycles. The predicted octanol–water partition coefficient (Wildman–Crippen LogP) is 6.47. The van der Waals surface area contributed by atoms with Gasteiger partial charge in [0.1, 0.15) is 0 Å². The van der Waals surface area contributed by atoms with Crippen molar-refractivity contribution >= 4 is 12.0 Å². The largest absolute Gasteiger partial charge is 0.478 e. The van der Waals surface area contributed by atoms with E-state index in [0.717, 1.165) is 25.3 Å². The summed E-state index contributed by atoms with van der Waals surface area (Å²) in [5.74, 6) is -1.15. The molecule has 2 aromatic carbocycles. The maximum absolute atomic E-state index is 14.0. The minimum atomic E-state index is -4.43. The van der Waals surface area contributed by atoms with Gasteiger partial charge in [-0.05, 0) is 59.1 Å². The van der Waals surface area contributed by atoms with E-state index in [-0.39, 0.29) is 17.9 Å². The monoisotopic (exact) mass is 386 g/mol. The van der Waals surface area contributed by atoms with Gasteiger partial charge in [-0.15, -0.1) is 6.58 Å². The van der Waals surface area contributed by atoms with Crippen LogP contribution in [-0.4, -0.2) is 11.1 Å². The molecule has 0 heterocycles. The zero-order valence-electron chi connectivity index (χ0n) is 15.3. The lowest BCUT2D eigenvalue weighted by Crippen LogP contribution is -2.20. The third-order valence-electron chi connectivity index (χ3n) is 5.13. The molecule has 0 saturated heterocycles. The summed E-state index contributed by atoms with van der Waals surface area (Å²) in [6.45, 7) is 3.59. The van der Waals surface area contributed by atoms with Gasteiger partial charge in [-0.2, -0.15) is 13.2 Å². The van der Waals surface area contributed by atoms with Gasteiger partial charge < -0.3 is 5.11 Å². The van der Waals surface area contributed by atoms with Crippen molar-refractivity contribution in [2.24, 2.45) is 0 Å². The first kappa shape index (κ1) is 19.9. The van der Waals surface area contributed by atoms with Crippen molar-refractivity contribution in [2.45, 2.75) is 37.8 Å². The van der Waals surface area contributed by atoms with Crippen LogP contribution in [0.15, 0.2) is 55.1 Å². The molecule has 0 radical (unpaired) electrons. The second-order valence-corrected chi connectivity index (χ2v) is 6.97. The fraction of sp³-hybridized carbons (Fsp3) is 0.261. The minimum Gasteiger partial charge on any atom is -0.478 e. The highest BCUT2D eigenvalue weighted by Gasteiger charge is 2.40. The van der Waals surface area contributed by atoms with Crippen molar-refractivity contribution in [1.29, 1.82) is 0 Å². The van der Waals surface area contributed by atoms with Crippen LogP contribution in [0.3, 0.4) is 0 Å². The van der Waals surface area contributed by atoms with Crippen LogP contribution in [0.25, 0.3) is 17.2 Å². The van der Waals surface area contributed by atoms with E-state index < -0.39 is 17.7 Å². The van der Waals surface area contributed by atoms with Crippen LogP contribution < -0.4 is 0 Å². The van der Waals surface area contributed by atoms with Gasteiger partial charge in [0.05, 0.1) is 5.56 Å². The number of aliphatic carboxylic acids is 1. The summed E-state index contributed by atoms with van der Waals surface area (Å²) in [6.07, 6.45) is 2.18. The van der Waals surface area contributed by atoms with E-state index in [1.807, 2.05) is 0 Å². The van der Waals surface area contributed by atoms with Gasteiger partial charge in [-0.25, -0.2) is 4.79 Å². The Labute approximate surface area is 162 Å². The molecule has 1 aliphatic carbocycles. The number of hydrogen-bond donors (Lipinski definition) is 1. The Kier molecular flexibility index (Phi) is 5.73. The molecule has 1 saturated carbocycles. The standard InChI is InChI=1S/C23H21F3O2/c1-2-4-18-12-13-19(16-10-7-15(8-11-16)9-14-20(27)28)21(17-5-3-6-17)22(18)23(24,25)26/h2,7-14,17H,1,3-6H2,(H,27,28)/b14-9+. The summed E-state index contributed by atoms with van der Waals surface area (Å²) >= 11 is 0. The summed E-state index contributed by atoms with van der Waals surface area (Å²) in [6, 6.07) is 10.2. The SMILES string of the molecule is C=CCc1ccc(-c2ccc(/C=C/C(=O)O)cc2)c(C2CCC2)c1C(F)(F)F. The second-order valence-electron chi connectivity index (χ2n) is 6.97. The van der Waals surface area contributed by atoms with E-state index in [1.165, 1.54) is 12.2 Å². The van der Waals surface area contributed by atoms with Crippen LogP contribution >= 0.6 is 0 Å². The lowest BCUT2D eigenvalue weighted by Gasteiger charge is -2.32. The first-order valence-corrected chi connectivity index (χ1v) is 9.16. The minimum absolute atomic E-state index is 0.0945. The van der Waals surface area contributed by atoms with Gasteiger partial charge in [0.25, 0.3) is 0 Å². The summed E-state index contributed by atoms with van der Waals surface area (Å²) in [7, 11) is 0. The lowest BCUT2D eigenvalue weighted by molar-refractivity contribution is -0.139. The van der Waals surface area contributed by atoms with E-state index >= 15 is 0 Å². The van der Waals surface area contributed by atoms with Crippen LogP contribution in [0.2, 0.25) is 0 Å². The Balaban J connectivity index is 2.12. The van der Waals surface area contributed by atoms with E-state index in [0.29, 0.717) is 22.3 Å². The highest BCUT2D eigenvalue weighted by molar-refractivity contribution is 5.85. The van der Waals surface area contributed by atoms with E-state index in [1.54, 1.807) is 36.4 Å². The molecule has 0 aliphatic heterocycles. The Morgan fingerprint density at radius 1 is 1.14 bits per heavy atom. The summed E-state index contributed by atoms with van der Waals surface area (Å²) in [5, 5.41) is 8.71. The molecular weight excluding hydrogens is 365 g/mol. The molecule has 3 rings (SSSR count). The maximum atomic E-state index is 14.0. The molecule has 0 unspecified atom stereocenters. The zero-order valence-corrected chi connectivity index (χ0v) is 15.3. The van der Waals surface area contributed by atoms with Crippen LogP contribution in [0.5, 0.6) is 0 Å². The fourth-order valence-electron chi connectivity index (χ4n) is 3.64. The Morgan fingerprint density at radius 2 is 1.82 bits per heavy atom. The van der Waals surface area contributed by atoms with Gasteiger partial charge >= 0.3 is 12.1 Å². The highest BCUT2D eigenvalue weighted by Crippen LogP contribution is 2.48. The van der Waals surface area contributed by atoms with Crippen molar-refractivity contribution < 1.29 is 23.1 Å². The average Bonchev–Trinajstić information content (AvgIpc) is 2.58. The highest BCUT2D eigenvalue weighted by atomic mass is 19.4. The molecule has 2 aromatic rings. The van der Waals surface area contributed by atoms with Crippen LogP contribution in [0.1, 0.15) is 47.4 Å². The van der Waals surface area contributed by atoms with Crippen LogP contribution in [0.4, 0.5) is 13.2 Å². The molecular formula is C23H21F3O2. The number of allylic oxidation sites excluding steroid dienone is 1. The molecule has 0 atom stereocenters. The molecule has 2 nitrogen and oxygen atoms in total. The lowest BCUT2D eigenvalue weighted by atomic mass is 9.74. The van der Waals surface area contributed by atoms with Crippen LogP contribution in [-0.2, 0) is 17.4 Å². The molecule has 146 valence electrons. The Hall–Kier alpha value is -2.82. The van der Waals surface area contributed by atoms with Gasteiger partial charge in [0.15, 0.2) is 0 Å². The molecule has 0 spiro atoms. The third-order valence-corrected chi connectivity index (χ3v) is 5.13. The first-order chi connectivity index (χ1) is 13.3. The fourth-order valence-corrected chi connectivity index (χ4v) is 3.64. The Morgan fingerprint density at radius 3 is 2.32 bits per heavy atom. The Bertz CT molecular complexity index is 905. The zero-order chi connectivity index (χ0) is 20.3. The van der Waals surface area contributed by atoms with Crippen molar-refractivity contribution in [3.05, 3.63) is 77.4 Å². The van der Waals surface area contributed by atoms with E-state index in [2.05, 4.69) is 6.58 Å². The van der Waals surface area contributed by atoms with E-state index in [4.69, 9.17) is 5.11 Å². The molecule has 0 amide bonds. The maximum Gasteiger partial charge on any atom is 0.416 e. The first-order valence-electron chi connectivity index (χ1n) is 9.16. The number of carboxylic acids is 1. The number of hydrogen-bond acceptors (Lipinski definition) is 1. The summed E-state index contributed by atoms with van der Waals surface area (Å²) < 4.78 is 42.0. The quantitative estimate of drug-likeness (QED) is 0.456. The van der Waals surface area contributed by atoms with Gasteiger partial charge in [0.2, 0.25) is 0 Å². The second kappa shape index (κ2) is 8.05. The number of benzene rings is 2. The van der Waals surface area contributed by atoms with Crippen molar-refractivity contribution in [3.63, 3.8) is 0 Å². The number of alkyl halides is 3. The van der Waals surface area contributed by atoms with E-state index in [9.17, 15) is 18.0 Å². The molecule has 1 aliphatic rings. The molecule has 0 bridgehead atoms. The predicted molar refractivity (Wildman–Crippen MR) is 104 cm³/mol. The topological polar surface area (TPSA) is 37.3 Å². The van der Waals surface area contributed by atoms with Gasteiger partial charge in [0, 0.05) is 6.08 Å². The summed E-state index contributed by atoms with van der Waals surface area (Å²) in [5.41, 5.74) is 2.09. The number of carbonyl (C=O) groups is 1. The summed E-state index contributed by atoms with van der Waals surface area (Å²) in [4.78, 5) is 10.6.